The Morgan fingerprint density at radius 2 is 1.78 bits per heavy atom. The highest BCUT2D eigenvalue weighted by Gasteiger charge is 2.45. The lowest BCUT2D eigenvalue weighted by molar-refractivity contribution is -0.186. The van der Waals surface area contributed by atoms with Gasteiger partial charge in [-0.3, -0.25) is 0 Å². The van der Waals surface area contributed by atoms with E-state index in [-0.39, 0.29) is 11.3 Å². The van der Waals surface area contributed by atoms with E-state index in [1.165, 1.54) is 5.56 Å². The number of methoxy groups -OCH3 is 1. The molecule has 1 aromatic carbocycles. The lowest BCUT2D eigenvalue weighted by Crippen LogP contribution is -2.51. The van der Waals surface area contributed by atoms with Crippen molar-refractivity contribution >= 4 is 0 Å². The summed E-state index contributed by atoms with van der Waals surface area (Å²) >= 11 is 0. The molecule has 1 saturated carbocycles. The molecule has 1 aliphatic heterocycles. The maximum absolute atomic E-state index is 5.85. The third-order valence-electron chi connectivity index (χ3n) is 5.14. The highest BCUT2D eigenvalue weighted by molar-refractivity contribution is 5.27. The molecule has 1 spiro atoms. The second-order valence-corrected chi connectivity index (χ2v) is 6.58. The minimum atomic E-state index is -0.313. The first-order valence-corrected chi connectivity index (χ1v) is 8.46. The van der Waals surface area contributed by atoms with Crippen molar-refractivity contribution < 1.29 is 14.2 Å². The van der Waals surface area contributed by atoms with Crippen molar-refractivity contribution in [1.29, 1.82) is 0 Å². The van der Waals surface area contributed by atoms with E-state index in [0.717, 1.165) is 57.6 Å². The van der Waals surface area contributed by atoms with Gasteiger partial charge in [0.25, 0.3) is 0 Å². The minimum Gasteiger partial charge on any atom is -0.497 e. The Balaban J connectivity index is 1.61. The van der Waals surface area contributed by atoms with E-state index in [1.54, 1.807) is 7.11 Å². The smallest absolute Gasteiger partial charge is 0.168 e. The number of rotatable bonds is 6. The molecule has 0 radical (unpaired) electrons. The van der Waals surface area contributed by atoms with Crippen LogP contribution >= 0.6 is 0 Å². The summed E-state index contributed by atoms with van der Waals surface area (Å²) in [4.78, 5) is 0. The van der Waals surface area contributed by atoms with E-state index in [9.17, 15) is 0 Å². The normalized spacial score (nSPS) is 22.1. The summed E-state index contributed by atoms with van der Waals surface area (Å²) in [6.07, 6.45) is 7.01. The van der Waals surface area contributed by atoms with E-state index in [2.05, 4.69) is 24.0 Å². The maximum atomic E-state index is 5.85. The highest BCUT2D eigenvalue weighted by atomic mass is 16.7. The standard InChI is InChI=1S/C19H27NO3/c1-3-8-18(9-11-19(12-10-18)22-13-14-23-19)20-15-16-4-6-17(21-2)7-5-16/h3-7,20H,1,8-15H2,2H3. The Kier molecular flexibility index (Phi) is 5.05. The van der Waals surface area contributed by atoms with Gasteiger partial charge < -0.3 is 19.5 Å². The maximum Gasteiger partial charge on any atom is 0.168 e. The molecule has 4 nitrogen and oxygen atoms in total. The van der Waals surface area contributed by atoms with Crippen molar-refractivity contribution in [3.8, 4) is 5.75 Å². The number of hydrogen-bond donors (Lipinski definition) is 1. The molecule has 2 aliphatic rings. The predicted molar refractivity (Wildman–Crippen MR) is 90.5 cm³/mol. The van der Waals surface area contributed by atoms with Crippen molar-refractivity contribution in [2.45, 2.75) is 50.0 Å². The molecule has 1 heterocycles. The molecule has 1 saturated heterocycles. The average Bonchev–Trinajstić information content (AvgIpc) is 3.05. The highest BCUT2D eigenvalue weighted by Crippen LogP contribution is 2.41. The minimum absolute atomic E-state index is 0.0994. The molecule has 1 aromatic rings. The molecule has 0 aromatic heterocycles. The van der Waals surface area contributed by atoms with Crippen molar-refractivity contribution in [3.63, 3.8) is 0 Å². The number of benzene rings is 1. The van der Waals surface area contributed by atoms with Crippen molar-refractivity contribution in [2.75, 3.05) is 20.3 Å². The summed E-state index contributed by atoms with van der Waals surface area (Å²) in [6.45, 7) is 6.26. The molecule has 2 fully saturated rings. The lowest BCUT2D eigenvalue weighted by Gasteiger charge is -2.44. The van der Waals surface area contributed by atoms with Gasteiger partial charge in [0.2, 0.25) is 0 Å². The molecule has 0 bridgehead atoms. The molecule has 0 atom stereocenters. The van der Waals surface area contributed by atoms with Crippen molar-refractivity contribution in [1.82, 2.24) is 5.32 Å². The van der Waals surface area contributed by atoms with Crippen LogP contribution in [-0.4, -0.2) is 31.6 Å². The third-order valence-corrected chi connectivity index (χ3v) is 5.14. The van der Waals surface area contributed by atoms with Gasteiger partial charge in [-0.05, 0) is 37.0 Å². The van der Waals surface area contributed by atoms with Gasteiger partial charge in [-0.15, -0.1) is 6.58 Å². The average molecular weight is 317 g/mol. The fraction of sp³-hybridized carbons (Fsp3) is 0.579. The third kappa shape index (κ3) is 3.77. The van der Waals surface area contributed by atoms with Gasteiger partial charge in [0.15, 0.2) is 5.79 Å². The quantitative estimate of drug-likeness (QED) is 0.816. The SMILES string of the molecule is C=CCC1(NCc2ccc(OC)cc2)CCC2(CC1)OCCO2. The van der Waals surface area contributed by atoms with Crippen LogP contribution in [0.5, 0.6) is 5.75 Å². The summed E-state index contributed by atoms with van der Waals surface area (Å²) < 4.78 is 16.9. The van der Waals surface area contributed by atoms with Gasteiger partial charge in [0.1, 0.15) is 5.75 Å². The van der Waals surface area contributed by atoms with E-state index in [1.807, 2.05) is 18.2 Å². The van der Waals surface area contributed by atoms with Crippen LogP contribution in [0.2, 0.25) is 0 Å². The predicted octanol–water partition coefficient (Wildman–Crippen LogP) is 3.42. The van der Waals surface area contributed by atoms with Gasteiger partial charge in [-0.1, -0.05) is 18.2 Å². The van der Waals surface area contributed by atoms with Gasteiger partial charge in [-0.2, -0.15) is 0 Å². The molecule has 3 rings (SSSR count). The zero-order valence-corrected chi connectivity index (χ0v) is 14.0. The summed E-state index contributed by atoms with van der Waals surface area (Å²) in [5, 5.41) is 3.77. The first kappa shape index (κ1) is 16.5. The first-order valence-electron chi connectivity index (χ1n) is 8.46. The van der Waals surface area contributed by atoms with Gasteiger partial charge in [0.05, 0.1) is 20.3 Å². The molecule has 1 aliphatic carbocycles. The fourth-order valence-corrected chi connectivity index (χ4v) is 3.66. The van der Waals surface area contributed by atoms with Crippen molar-refractivity contribution in [2.24, 2.45) is 0 Å². The summed E-state index contributed by atoms with van der Waals surface area (Å²) in [6, 6.07) is 8.24. The molecule has 1 N–H and O–H groups in total. The molecule has 23 heavy (non-hydrogen) atoms. The van der Waals surface area contributed by atoms with Crippen LogP contribution in [0, 0.1) is 0 Å². The van der Waals surface area contributed by atoms with Crippen molar-refractivity contribution in [3.05, 3.63) is 42.5 Å². The Bertz CT molecular complexity index is 510. The number of nitrogens with one attached hydrogen (secondary N) is 1. The molecule has 0 amide bonds. The lowest BCUT2D eigenvalue weighted by atomic mass is 9.76. The Morgan fingerprint density at radius 3 is 2.35 bits per heavy atom. The second-order valence-electron chi connectivity index (χ2n) is 6.58. The van der Waals surface area contributed by atoms with E-state index in [4.69, 9.17) is 14.2 Å². The van der Waals surface area contributed by atoms with Crippen LogP contribution in [0.1, 0.15) is 37.7 Å². The van der Waals surface area contributed by atoms with Gasteiger partial charge >= 0.3 is 0 Å². The first-order chi connectivity index (χ1) is 11.2. The monoisotopic (exact) mass is 317 g/mol. The number of hydrogen-bond acceptors (Lipinski definition) is 4. The Labute approximate surface area is 138 Å². The fourth-order valence-electron chi connectivity index (χ4n) is 3.66. The molecule has 126 valence electrons. The molecular weight excluding hydrogens is 290 g/mol. The summed E-state index contributed by atoms with van der Waals surface area (Å²) in [5.74, 6) is 0.580. The van der Waals surface area contributed by atoms with E-state index < -0.39 is 0 Å². The zero-order chi connectivity index (χ0) is 16.2. The molecule has 4 heteroatoms. The zero-order valence-electron chi connectivity index (χ0n) is 14.0. The summed E-state index contributed by atoms with van der Waals surface area (Å²) in [5.41, 5.74) is 1.37. The van der Waals surface area contributed by atoms with Crippen LogP contribution in [-0.2, 0) is 16.0 Å². The van der Waals surface area contributed by atoms with Crippen LogP contribution in [0.25, 0.3) is 0 Å². The van der Waals surface area contributed by atoms with E-state index in [0.29, 0.717) is 0 Å². The molecule has 0 unspecified atom stereocenters. The van der Waals surface area contributed by atoms with E-state index >= 15 is 0 Å². The second kappa shape index (κ2) is 7.04. The van der Waals surface area contributed by atoms with Crippen LogP contribution in [0.15, 0.2) is 36.9 Å². The Morgan fingerprint density at radius 1 is 1.13 bits per heavy atom. The van der Waals surface area contributed by atoms with Crippen LogP contribution in [0.4, 0.5) is 0 Å². The topological polar surface area (TPSA) is 39.7 Å². The van der Waals surface area contributed by atoms with Crippen LogP contribution < -0.4 is 10.1 Å². The largest absolute Gasteiger partial charge is 0.497 e. The van der Waals surface area contributed by atoms with Gasteiger partial charge in [0, 0.05) is 24.9 Å². The summed E-state index contributed by atoms with van der Waals surface area (Å²) in [7, 11) is 1.69. The molecular formula is C19H27NO3. The Hall–Kier alpha value is -1.36. The van der Waals surface area contributed by atoms with Gasteiger partial charge in [-0.25, -0.2) is 0 Å². The van der Waals surface area contributed by atoms with Crippen LogP contribution in [0.3, 0.4) is 0 Å². The number of ether oxygens (including phenoxy) is 3.